The number of methoxy groups -OCH3 is 1. The van der Waals surface area contributed by atoms with Gasteiger partial charge in [0.1, 0.15) is 10.9 Å². The molecule has 1 aromatic heterocycles. The van der Waals surface area contributed by atoms with Crippen LogP contribution in [-0.4, -0.2) is 18.0 Å². The van der Waals surface area contributed by atoms with Crippen molar-refractivity contribution in [2.75, 3.05) is 18.2 Å². The van der Waals surface area contributed by atoms with Crippen molar-refractivity contribution in [3.63, 3.8) is 0 Å². The van der Waals surface area contributed by atoms with Crippen LogP contribution in [0.2, 0.25) is 5.15 Å². The van der Waals surface area contributed by atoms with E-state index in [0.29, 0.717) is 33.5 Å². The maximum absolute atomic E-state index is 12.3. The van der Waals surface area contributed by atoms with E-state index in [-0.39, 0.29) is 5.91 Å². The van der Waals surface area contributed by atoms with Crippen LogP contribution in [-0.2, 0) is 0 Å². The van der Waals surface area contributed by atoms with Crippen LogP contribution in [0.1, 0.15) is 16.1 Å². The van der Waals surface area contributed by atoms with E-state index in [0.717, 1.165) is 0 Å². The van der Waals surface area contributed by atoms with Gasteiger partial charge in [-0.3, -0.25) is 4.79 Å². The smallest absolute Gasteiger partial charge is 0.259 e. The number of anilines is 2. The number of benzene rings is 1. The number of amides is 1. The summed E-state index contributed by atoms with van der Waals surface area (Å²) in [6.07, 6.45) is 0. The van der Waals surface area contributed by atoms with Crippen molar-refractivity contribution in [3.8, 4) is 5.75 Å². The van der Waals surface area contributed by atoms with Gasteiger partial charge < -0.3 is 15.8 Å². The molecule has 2 aromatic rings. The van der Waals surface area contributed by atoms with Crippen LogP contribution in [0.25, 0.3) is 0 Å². The lowest BCUT2D eigenvalue weighted by Crippen LogP contribution is -2.14. The fourth-order valence-corrected chi connectivity index (χ4v) is 1.94. The number of rotatable bonds is 3. The minimum atomic E-state index is -0.318. The maximum Gasteiger partial charge on any atom is 0.259 e. The Kier molecular flexibility index (Phi) is 4.10. The number of halogens is 1. The van der Waals surface area contributed by atoms with Gasteiger partial charge in [0.2, 0.25) is 0 Å². The summed E-state index contributed by atoms with van der Waals surface area (Å²) in [5.74, 6) is 0.137. The van der Waals surface area contributed by atoms with Gasteiger partial charge in [0.05, 0.1) is 24.1 Å². The number of ether oxygens (including phenoxy) is 1. The SMILES string of the molecule is COc1ccc(N)cc1C(=O)Nc1ccc(Cl)nc1C. The molecule has 20 heavy (non-hydrogen) atoms. The molecule has 0 aliphatic carbocycles. The van der Waals surface area contributed by atoms with Gasteiger partial charge in [-0.2, -0.15) is 0 Å². The largest absolute Gasteiger partial charge is 0.496 e. The van der Waals surface area contributed by atoms with Gasteiger partial charge in [-0.25, -0.2) is 4.98 Å². The minimum Gasteiger partial charge on any atom is -0.496 e. The summed E-state index contributed by atoms with van der Waals surface area (Å²) >= 11 is 5.78. The molecule has 0 spiro atoms. The summed E-state index contributed by atoms with van der Waals surface area (Å²) in [4.78, 5) is 16.4. The van der Waals surface area contributed by atoms with Crippen molar-refractivity contribution in [3.05, 3.63) is 46.7 Å². The molecule has 0 saturated carbocycles. The molecule has 0 aliphatic rings. The molecular formula is C14H14ClN3O2. The van der Waals surface area contributed by atoms with Crippen molar-refractivity contribution in [2.24, 2.45) is 0 Å². The van der Waals surface area contributed by atoms with E-state index >= 15 is 0 Å². The normalized spacial score (nSPS) is 10.2. The Labute approximate surface area is 121 Å². The quantitative estimate of drug-likeness (QED) is 0.673. The predicted octanol–water partition coefficient (Wildman–Crippen LogP) is 2.89. The van der Waals surface area contributed by atoms with Crippen LogP contribution in [0.4, 0.5) is 11.4 Å². The number of nitrogens with two attached hydrogens (primary N) is 1. The highest BCUT2D eigenvalue weighted by molar-refractivity contribution is 6.29. The standard InChI is InChI=1S/C14H14ClN3O2/c1-8-11(4-6-13(15)17-8)18-14(19)10-7-9(16)3-5-12(10)20-2/h3-7H,16H2,1-2H3,(H,18,19). The first-order valence-corrected chi connectivity index (χ1v) is 6.27. The zero-order valence-electron chi connectivity index (χ0n) is 11.1. The van der Waals surface area contributed by atoms with Crippen molar-refractivity contribution < 1.29 is 9.53 Å². The second kappa shape index (κ2) is 5.79. The molecule has 0 fully saturated rings. The highest BCUT2D eigenvalue weighted by atomic mass is 35.5. The highest BCUT2D eigenvalue weighted by Gasteiger charge is 2.14. The molecule has 0 unspecified atom stereocenters. The molecule has 104 valence electrons. The molecule has 0 bridgehead atoms. The van der Waals surface area contributed by atoms with Crippen LogP contribution in [0.3, 0.4) is 0 Å². The van der Waals surface area contributed by atoms with Crippen LogP contribution >= 0.6 is 11.6 Å². The third-order valence-corrected chi connectivity index (χ3v) is 2.98. The van der Waals surface area contributed by atoms with Gasteiger partial charge in [0.15, 0.2) is 0 Å². The Morgan fingerprint density at radius 2 is 2.10 bits per heavy atom. The van der Waals surface area contributed by atoms with Gasteiger partial charge in [-0.05, 0) is 37.3 Å². The third kappa shape index (κ3) is 3.00. The topological polar surface area (TPSA) is 77.2 Å². The van der Waals surface area contributed by atoms with E-state index in [4.69, 9.17) is 22.1 Å². The number of carbonyl (C=O) groups excluding carboxylic acids is 1. The maximum atomic E-state index is 12.3. The average molecular weight is 292 g/mol. The lowest BCUT2D eigenvalue weighted by Gasteiger charge is -2.11. The van der Waals surface area contributed by atoms with Crippen LogP contribution in [0.5, 0.6) is 5.75 Å². The number of aromatic nitrogens is 1. The second-order valence-electron chi connectivity index (χ2n) is 4.18. The molecule has 0 aliphatic heterocycles. The van der Waals surface area contributed by atoms with E-state index in [2.05, 4.69) is 10.3 Å². The summed E-state index contributed by atoms with van der Waals surface area (Å²) < 4.78 is 5.16. The van der Waals surface area contributed by atoms with Gasteiger partial charge >= 0.3 is 0 Å². The number of nitrogen functional groups attached to an aromatic ring is 1. The fraction of sp³-hybridized carbons (Fsp3) is 0.143. The van der Waals surface area contributed by atoms with E-state index < -0.39 is 0 Å². The zero-order valence-corrected chi connectivity index (χ0v) is 11.9. The van der Waals surface area contributed by atoms with E-state index in [1.807, 2.05) is 0 Å². The van der Waals surface area contributed by atoms with Crippen molar-refractivity contribution in [1.29, 1.82) is 0 Å². The van der Waals surface area contributed by atoms with Gasteiger partial charge in [-0.1, -0.05) is 11.6 Å². The van der Waals surface area contributed by atoms with Crippen molar-refractivity contribution >= 4 is 28.9 Å². The lowest BCUT2D eigenvalue weighted by molar-refractivity contribution is 0.102. The number of nitrogens with one attached hydrogen (secondary N) is 1. The Balaban J connectivity index is 2.30. The Morgan fingerprint density at radius 3 is 2.75 bits per heavy atom. The van der Waals surface area contributed by atoms with Crippen LogP contribution in [0, 0.1) is 6.92 Å². The van der Waals surface area contributed by atoms with E-state index in [1.165, 1.54) is 7.11 Å². The highest BCUT2D eigenvalue weighted by Crippen LogP contribution is 2.23. The lowest BCUT2D eigenvalue weighted by atomic mass is 10.1. The average Bonchev–Trinajstić information content (AvgIpc) is 2.41. The molecule has 0 saturated heterocycles. The molecule has 0 radical (unpaired) electrons. The Morgan fingerprint density at radius 1 is 1.35 bits per heavy atom. The number of hydrogen-bond donors (Lipinski definition) is 2. The number of nitrogens with zero attached hydrogens (tertiary/aromatic N) is 1. The fourth-order valence-electron chi connectivity index (χ4n) is 1.76. The number of pyridine rings is 1. The third-order valence-electron chi connectivity index (χ3n) is 2.77. The molecule has 0 atom stereocenters. The molecule has 1 aromatic carbocycles. The summed E-state index contributed by atoms with van der Waals surface area (Å²) in [5, 5.41) is 3.14. The summed E-state index contributed by atoms with van der Waals surface area (Å²) in [6, 6.07) is 8.19. The van der Waals surface area contributed by atoms with Crippen LogP contribution < -0.4 is 15.8 Å². The second-order valence-corrected chi connectivity index (χ2v) is 4.57. The molecule has 6 heteroatoms. The summed E-state index contributed by atoms with van der Waals surface area (Å²) in [6.45, 7) is 1.76. The van der Waals surface area contributed by atoms with E-state index in [9.17, 15) is 4.79 Å². The number of carbonyl (C=O) groups is 1. The Bertz CT molecular complexity index is 659. The molecule has 3 N–H and O–H groups in total. The van der Waals surface area contributed by atoms with E-state index in [1.54, 1.807) is 37.3 Å². The first-order chi connectivity index (χ1) is 9.51. The first-order valence-electron chi connectivity index (χ1n) is 5.89. The molecular weight excluding hydrogens is 278 g/mol. The van der Waals surface area contributed by atoms with Crippen LogP contribution in [0.15, 0.2) is 30.3 Å². The number of hydrogen-bond acceptors (Lipinski definition) is 4. The van der Waals surface area contributed by atoms with Gasteiger partial charge in [0.25, 0.3) is 5.91 Å². The van der Waals surface area contributed by atoms with Gasteiger partial charge in [-0.15, -0.1) is 0 Å². The monoisotopic (exact) mass is 291 g/mol. The zero-order chi connectivity index (χ0) is 14.7. The summed E-state index contributed by atoms with van der Waals surface area (Å²) in [5.41, 5.74) is 7.77. The van der Waals surface area contributed by atoms with Crippen molar-refractivity contribution in [1.82, 2.24) is 4.98 Å². The first kappa shape index (κ1) is 14.1. The minimum absolute atomic E-state index is 0.318. The number of aryl methyl sites for hydroxylation is 1. The summed E-state index contributed by atoms with van der Waals surface area (Å²) in [7, 11) is 1.50. The molecule has 2 rings (SSSR count). The molecule has 5 nitrogen and oxygen atoms in total. The Hall–Kier alpha value is -2.27. The predicted molar refractivity (Wildman–Crippen MR) is 79.3 cm³/mol. The molecule has 1 heterocycles. The van der Waals surface area contributed by atoms with Crippen molar-refractivity contribution in [2.45, 2.75) is 6.92 Å². The molecule has 1 amide bonds. The van der Waals surface area contributed by atoms with Gasteiger partial charge in [0, 0.05) is 5.69 Å².